The van der Waals surface area contributed by atoms with Crippen LogP contribution in [0.3, 0.4) is 0 Å². The Balaban J connectivity index is 2.26. The van der Waals surface area contributed by atoms with E-state index in [1.807, 2.05) is 0 Å². The number of nitrogens with one attached hydrogen (secondary N) is 1. The zero-order valence-corrected chi connectivity index (χ0v) is 12.0. The zero-order chi connectivity index (χ0) is 14.0. The highest BCUT2D eigenvalue weighted by Gasteiger charge is 2.35. The average molecular weight is 338 g/mol. The summed E-state index contributed by atoms with van der Waals surface area (Å²) >= 11 is 3.21. The van der Waals surface area contributed by atoms with Crippen LogP contribution in [0.4, 0.5) is 18.9 Å². The van der Waals surface area contributed by atoms with Gasteiger partial charge in [0, 0.05) is 17.3 Å². The lowest BCUT2D eigenvalue weighted by Gasteiger charge is -2.23. The summed E-state index contributed by atoms with van der Waals surface area (Å²) < 4.78 is 44.8. The zero-order valence-electron chi connectivity index (χ0n) is 10.4. The number of anilines is 1. The molecule has 0 bridgehead atoms. The summed E-state index contributed by atoms with van der Waals surface area (Å²) in [6.07, 6.45) is -1.72. The van der Waals surface area contributed by atoms with E-state index in [0.29, 0.717) is 4.47 Å². The maximum Gasteiger partial charge on any atom is 0.418 e. The van der Waals surface area contributed by atoms with Crippen LogP contribution in [0.2, 0.25) is 0 Å². The van der Waals surface area contributed by atoms with Gasteiger partial charge in [0.05, 0.1) is 17.7 Å². The van der Waals surface area contributed by atoms with Gasteiger partial charge in [-0.2, -0.15) is 13.2 Å². The fraction of sp³-hybridized carbons (Fsp3) is 0.538. The summed E-state index contributed by atoms with van der Waals surface area (Å²) in [4.78, 5) is 0. The van der Waals surface area contributed by atoms with E-state index in [2.05, 4.69) is 21.2 Å². The first kappa shape index (κ1) is 14.7. The van der Waals surface area contributed by atoms with Gasteiger partial charge in [0.15, 0.2) is 0 Å². The molecule has 1 aromatic rings. The number of halogens is 4. The van der Waals surface area contributed by atoms with Crippen molar-refractivity contribution in [3.63, 3.8) is 0 Å². The molecule has 0 spiro atoms. The number of rotatable bonds is 3. The van der Waals surface area contributed by atoms with E-state index >= 15 is 0 Å². The maximum absolute atomic E-state index is 12.9. The second-order valence-electron chi connectivity index (χ2n) is 4.64. The minimum atomic E-state index is -4.36. The molecule has 0 aromatic heterocycles. The van der Waals surface area contributed by atoms with Crippen LogP contribution in [0.15, 0.2) is 22.7 Å². The Bertz CT molecular complexity index is 450. The fourth-order valence-electron chi connectivity index (χ4n) is 2.46. The summed E-state index contributed by atoms with van der Waals surface area (Å²) in [5.41, 5.74) is -0.534. The number of hydrogen-bond donors (Lipinski definition) is 1. The van der Waals surface area contributed by atoms with Crippen LogP contribution in [-0.4, -0.2) is 19.3 Å². The highest BCUT2D eigenvalue weighted by Crippen LogP contribution is 2.37. The molecule has 1 aliphatic rings. The molecule has 1 aliphatic carbocycles. The third-order valence-corrected chi connectivity index (χ3v) is 3.88. The number of alkyl halides is 3. The van der Waals surface area contributed by atoms with Crippen molar-refractivity contribution in [2.24, 2.45) is 0 Å². The Hall–Kier alpha value is -0.750. The van der Waals surface area contributed by atoms with Crippen molar-refractivity contribution in [1.29, 1.82) is 0 Å². The highest BCUT2D eigenvalue weighted by molar-refractivity contribution is 9.10. The average Bonchev–Trinajstić information content (AvgIpc) is 2.74. The van der Waals surface area contributed by atoms with E-state index in [-0.39, 0.29) is 17.8 Å². The lowest BCUT2D eigenvalue weighted by atomic mass is 10.1. The van der Waals surface area contributed by atoms with Gasteiger partial charge >= 0.3 is 6.18 Å². The van der Waals surface area contributed by atoms with Crippen molar-refractivity contribution < 1.29 is 17.9 Å². The smallest absolute Gasteiger partial charge is 0.379 e. The molecule has 2 atom stereocenters. The lowest BCUT2D eigenvalue weighted by Crippen LogP contribution is -2.30. The highest BCUT2D eigenvalue weighted by atomic mass is 79.9. The Labute approximate surface area is 118 Å². The summed E-state index contributed by atoms with van der Waals surface area (Å²) in [6, 6.07) is 3.88. The van der Waals surface area contributed by atoms with E-state index in [4.69, 9.17) is 4.74 Å². The molecule has 1 fully saturated rings. The van der Waals surface area contributed by atoms with Gasteiger partial charge in [0.25, 0.3) is 0 Å². The van der Waals surface area contributed by atoms with Gasteiger partial charge in [-0.25, -0.2) is 0 Å². The standard InChI is InChI=1S/C13H15BrF3NO/c1-19-12-4-2-3-10(12)18-11-7-8(14)5-6-9(11)13(15,16)17/h5-7,10,12,18H,2-4H2,1H3. The van der Waals surface area contributed by atoms with Crippen molar-refractivity contribution in [3.8, 4) is 0 Å². The molecule has 2 unspecified atom stereocenters. The van der Waals surface area contributed by atoms with Crippen LogP contribution in [-0.2, 0) is 10.9 Å². The van der Waals surface area contributed by atoms with Gasteiger partial charge in [0.1, 0.15) is 0 Å². The minimum absolute atomic E-state index is 0.0277. The Kier molecular flexibility index (Phi) is 4.40. The first-order valence-electron chi connectivity index (χ1n) is 6.08. The van der Waals surface area contributed by atoms with Gasteiger partial charge in [-0.1, -0.05) is 15.9 Å². The first-order valence-corrected chi connectivity index (χ1v) is 6.87. The fourth-order valence-corrected chi connectivity index (χ4v) is 2.82. The predicted octanol–water partition coefficient (Wildman–Crippen LogP) is 4.45. The molecular weight excluding hydrogens is 323 g/mol. The van der Waals surface area contributed by atoms with Crippen LogP contribution in [0.1, 0.15) is 24.8 Å². The van der Waals surface area contributed by atoms with Gasteiger partial charge in [-0.15, -0.1) is 0 Å². The second-order valence-corrected chi connectivity index (χ2v) is 5.56. The number of ether oxygens (including phenoxy) is 1. The van der Waals surface area contributed by atoms with Crippen molar-refractivity contribution in [2.45, 2.75) is 37.6 Å². The van der Waals surface area contributed by atoms with Crippen molar-refractivity contribution in [1.82, 2.24) is 0 Å². The van der Waals surface area contributed by atoms with Crippen LogP contribution in [0, 0.1) is 0 Å². The molecule has 0 aliphatic heterocycles. The van der Waals surface area contributed by atoms with Crippen molar-refractivity contribution in [3.05, 3.63) is 28.2 Å². The normalized spacial score (nSPS) is 23.6. The molecule has 106 valence electrons. The Morgan fingerprint density at radius 3 is 2.68 bits per heavy atom. The first-order chi connectivity index (χ1) is 8.91. The summed E-state index contributed by atoms with van der Waals surface area (Å²) in [6.45, 7) is 0. The molecule has 1 saturated carbocycles. The Morgan fingerprint density at radius 2 is 2.05 bits per heavy atom. The second kappa shape index (κ2) is 5.71. The SMILES string of the molecule is COC1CCCC1Nc1cc(Br)ccc1C(F)(F)F. The number of hydrogen-bond acceptors (Lipinski definition) is 2. The molecule has 0 heterocycles. The third-order valence-electron chi connectivity index (χ3n) is 3.38. The molecular formula is C13H15BrF3NO. The minimum Gasteiger partial charge on any atom is -0.379 e. The van der Waals surface area contributed by atoms with Crippen molar-refractivity contribution in [2.75, 3.05) is 12.4 Å². The molecule has 19 heavy (non-hydrogen) atoms. The summed E-state index contributed by atoms with van der Waals surface area (Å²) in [5.74, 6) is 0. The van der Waals surface area contributed by atoms with Gasteiger partial charge in [-0.3, -0.25) is 0 Å². The molecule has 0 saturated heterocycles. The summed E-state index contributed by atoms with van der Waals surface area (Å²) in [7, 11) is 1.59. The molecule has 0 amide bonds. The maximum atomic E-state index is 12.9. The lowest BCUT2D eigenvalue weighted by molar-refractivity contribution is -0.137. The topological polar surface area (TPSA) is 21.3 Å². The number of benzene rings is 1. The van der Waals surface area contributed by atoms with Crippen LogP contribution >= 0.6 is 15.9 Å². The van der Waals surface area contributed by atoms with Crippen LogP contribution in [0.5, 0.6) is 0 Å². The van der Waals surface area contributed by atoms with E-state index in [1.54, 1.807) is 7.11 Å². The van der Waals surface area contributed by atoms with E-state index in [9.17, 15) is 13.2 Å². The molecule has 0 radical (unpaired) electrons. The number of methoxy groups -OCH3 is 1. The van der Waals surface area contributed by atoms with Crippen molar-refractivity contribution >= 4 is 21.6 Å². The summed E-state index contributed by atoms with van der Waals surface area (Å²) in [5, 5.41) is 2.98. The largest absolute Gasteiger partial charge is 0.418 e. The predicted molar refractivity (Wildman–Crippen MR) is 71.2 cm³/mol. The van der Waals surface area contributed by atoms with Crippen LogP contribution < -0.4 is 5.32 Å². The monoisotopic (exact) mass is 337 g/mol. The molecule has 1 N–H and O–H groups in total. The van der Waals surface area contributed by atoms with Gasteiger partial charge in [0.2, 0.25) is 0 Å². The van der Waals surface area contributed by atoms with Crippen LogP contribution in [0.25, 0.3) is 0 Å². The van der Waals surface area contributed by atoms with E-state index in [0.717, 1.165) is 25.3 Å². The van der Waals surface area contributed by atoms with E-state index < -0.39 is 11.7 Å². The molecule has 2 rings (SSSR count). The Morgan fingerprint density at radius 1 is 1.32 bits per heavy atom. The quantitative estimate of drug-likeness (QED) is 0.879. The molecule has 1 aromatic carbocycles. The third kappa shape index (κ3) is 3.42. The van der Waals surface area contributed by atoms with Gasteiger partial charge < -0.3 is 10.1 Å². The van der Waals surface area contributed by atoms with Gasteiger partial charge in [-0.05, 0) is 37.5 Å². The molecule has 6 heteroatoms. The van der Waals surface area contributed by atoms with E-state index in [1.165, 1.54) is 12.1 Å². The molecule has 2 nitrogen and oxygen atoms in total.